The molecular formula is C25H36N4O5S. The van der Waals surface area contributed by atoms with Gasteiger partial charge in [0, 0.05) is 31.2 Å². The maximum absolute atomic E-state index is 13.6. The molecular weight excluding hydrogens is 468 g/mol. The van der Waals surface area contributed by atoms with Crippen molar-refractivity contribution in [1.82, 2.24) is 9.29 Å². The molecule has 1 aromatic heterocycles. The van der Waals surface area contributed by atoms with Gasteiger partial charge in [-0.2, -0.15) is 9.29 Å². The molecule has 0 saturated heterocycles. The molecule has 0 aliphatic heterocycles. The highest BCUT2D eigenvalue weighted by molar-refractivity contribution is 7.89. The van der Waals surface area contributed by atoms with Crippen molar-refractivity contribution < 1.29 is 22.7 Å². The van der Waals surface area contributed by atoms with Crippen LogP contribution in [0, 0.1) is 5.92 Å². The molecule has 3 aromatic rings. The fraction of sp³-hybridized carbons (Fsp3) is 0.480. The van der Waals surface area contributed by atoms with Crippen LogP contribution in [0.25, 0.3) is 11.1 Å². The van der Waals surface area contributed by atoms with E-state index in [1.165, 1.54) is 16.4 Å². The Morgan fingerprint density at radius 3 is 2.54 bits per heavy atom. The number of hydrogen-bond donors (Lipinski definition) is 3. The van der Waals surface area contributed by atoms with Crippen molar-refractivity contribution in [3.05, 3.63) is 48.0 Å². The van der Waals surface area contributed by atoms with Gasteiger partial charge in [0.05, 0.1) is 18.1 Å². The monoisotopic (exact) mass is 504 g/mol. The van der Waals surface area contributed by atoms with Gasteiger partial charge in [0.2, 0.25) is 10.0 Å². The first-order chi connectivity index (χ1) is 16.5. The van der Waals surface area contributed by atoms with Gasteiger partial charge in [-0.3, -0.25) is 0 Å². The van der Waals surface area contributed by atoms with Crippen LogP contribution in [0.15, 0.2) is 51.8 Å². The maximum atomic E-state index is 13.6. The lowest BCUT2D eigenvalue weighted by atomic mass is 10.0. The minimum absolute atomic E-state index is 0.0439. The second-order valence-corrected chi connectivity index (χ2v) is 11.4. The van der Waals surface area contributed by atoms with E-state index >= 15 is 0 Å². The highest BCUT2D eigenvalue weighted by Gasteiger charge is 2.30. The third kappa shape index (κ3) is 6.94. The molecule has 9 nitrogen and oxygen atoms in total. The van der Waals surface area contributed by atoms with E-state index < -0.39 is 22.2 Å². The Morgan fingerprint density at radius 2 is 1.89 bits per heavy atom. The predicted octanol–water partition coefficient (Wildman–Crippen LogP) is 3.23. The summed E-state index contributed by atoms with van der Waals surface area (Å²) < 4.78 is 39.4. The second kappa shape index (κ2) is 11.4. The van der Waals surface area contributed by atoms with Crippen LogP contribution in [0.1, 0.15) is 33.3 Å². The van der Waals surface area contributed by atoms with Crippen molar-refractivity contribution in [2.45, 2.75) is 57.2 Å². The van der Waals surface area contributed by atoms with Crippen LogP contribution >= 0.6 is 0 Å². The van der Waals surface area contributed by atoms with Crippen LogP contribution < -0.4 is 15.8 Å². The van der Waals surface area contributed by atoms with Crippen LogP contribution in [0.3, 0.4) is 0 Å². The molecule has 0 bridgehead atoms. The number of nitrogens with zero attached hydrogens (tertiary/aromatic N) is 2. The molecule has 0 fully saturated rings. The number of ether oxygens (including phenoxy) is 1. The quantitative estimate of drug-likeness (QED) is 0.343. The molecule has 35 heavy (non-hydrogen) atoms. The average molecular weight is 505 g/mol. The topological polar surface area (TPSA) is 131 Å². The minimum atomic E-state index is -3.92. The van der Waals surface area contributed by atoms with Gasteiger partial charge in [-0.1, -0.05) is 26.0 Å². The highest BCUT2D eigenvalue weighted by Crippen LogP contribution is 2.26. The molecule has 0 saturated carbocycles. The Hall–Kier alpha value is -2.66. The Kier molecular flexibility index (Phi) is 8.76. The van der Waals surface area contributed by atoms with Crippen LogP contribution in [0.2, 0.25) is 0 Å². The number of nitrogens with two attached hydrogens (primary N) is 1. The number of aliphatic hydroxyl groups excluding tert-OH is 1. The number of methoxy groups -OCH3 is 1. The fourth-order valence-electron chi connectivity index (χ4n) is 3.75. The number of anilines is 1. The summed E-state index contributed by atoms with van der Waals surface area (Å²) in [5, 5.41) is 13.9. The first kappa shape index (κ1) is 26.9. The molecule has 0 radical (unpaired) electrons. The average Bonchev–Trinajstić information content (AvgIpc) is 3.19. The molecule has 192 valence electrons. The number of oxazole rings is 1. The van der Waals surface area contributed by atoms with Crippen molar-refractivity contribution >= 4 is 27.1 Å². The highest BCUT2D eigenvalue weighted by atomic mass is 32.2. The van der Waals surface area contributed by atoms with Gasteiger partial charge in [-0.25, -0.2) is 8.42 Å². The first-order valence-electron chi connectivity index (χ1n) is 11.7. The Bertz CT molecular complexity index is 1230. The molecule has 2 atom stereocenters. The normalized spacial score (nSPS) is 14.1. The predicted molar refractivity (Wildman–Crippen MR) is 137 cm³/mol. The van der Waals surface area contributed by atoms with E-state index in [0.29, 0.717) is 29.3 Å². The Labute approximate surface area is 207 Å². The van der Waals surface area contributed by atoms with Gasteiger partial charge in [-0.05, 0) is 56.0 Å². The third-order valence-corrected chi connectivity index (χ3v) is 7.30. The summed E-state index contributed by atoms with van der Waals surface area (Å²) in [6, 6.07) is 11.8. The smallest absolute Gasteiger partial charge is 0.295 e. The van der Waals surface area contributed by atoms with Gasteiger partial charge in [-0.15, -0.1) is 0 Å². The van der Waals surface area contributed by atoms with Crippen molar-refractivity contribution in [3.8, 4) is 5.75 Å². The van der Waals surface area contributed by atoms with Crippen molar-refractivity contribution in [2.24, 2.45) is 11.7 Å². The lowest BCUT2D eigenvalue weighted by molar-refractivity contribution is 0.116. The lowest BCUT2D eigenvalue weighted by Gasteiger charge is -2.28. The summed E-state index contributed by atoms with van der Waals surface area (Å²) >= 11 is 0. The van der Waals surface area contributed by atoms with Gasteiger partial charge in [0.1, 0.15) is 11.3 Å². The maximum Gasteiger partial charge on any atom is 0.295 e. The number of fused-ring (bicyclic) bond motifs is 1. The zero-order valence-electron chi connectivity index (χ0n) is 20.9. The molecule has 0 amide bonds. The Morgan fingerprint density at radius 1 is 1.14 bits per heavy atom. The summed E-state index contributed by atoms with van der Waals surface area (Å²) in [6.07, 6.45) is -0.686. The van der Waals surface area contributed by atoms with Gasteiger partial charge in [0.25, 0.3) is 6.01 Å². The van der Waals surface area contributed by atoms with Crippen molar-refractivity contribution in [1.29, 1.82) is 0 Å². The number of hydrogen-bond acceptors (Lipinski definition) is 8. The van der Waals surface area contributed by atoms with Crippen LogP contribution in [0.5, 0.6) is 5.75 Å². The molecule has 3 rings (SSSR count). The number of rotatable bonds is 12. The molecule has 0 spiro atoms. The van der Waals surface area contributed by atoms with Crippen molar-refractivity contribution in [3.63, 3.8) is 0 Å². The zero-order valence-corrected chi connectivity index (χ0v) is 21.7. The molecule has 2 aromatic carbocycles. The van der Waals surface area contributed by atoms with Crippen molar-refractivity contribution in [2.75, 3.05) is 25.5 Å². The first-order valence-corrected chi connectivity index (χ1v) is 13.2. The number of aromatic nitrogens is 1. The molecule has 0 unspecified atom stereocenters. The fourth-order valence-corrected chi connectivity index (χ4v) is 5.39. The van der Waals surface area contributed by atoms with Crippen LogP contribution in [0.4, 0.5) is 6.01 Å². The van der Waals surface area contributed by atoms with E-state index in [9.17, 15) is 13.5 Å². The second-order valence-electron chi connectivity index (χ2n) is 9.45. The molecule has 10 heteroatoms. The summed E-state index contributed by atoms with van der Waals surface area (Å²) in [5.74, 6) is 0.741. The molecule has 0 aliphatic carbocycles. The molecule has 0 aliphatic rings. The van der Waals surface area contributed by atoms with Gasteiger partial charge >= 0.3 is 0 Å². The number of aliphatic hydroxyl groups is 1. The zero-order chi connectivity index (χ0) is 25.8. The summed E-state index contributed by atoms with van der Waals surface area (Å²) in [6.45, 7) is 7.88. The number of sulfonamides is 1. The van der Waals surface area contributed by atoms with Gasteiger partial charge in [0.15, 0.2) is 5.58 Å². The van der Waals surface area contributed by atoms with E-state index in [4.69, 9.17) is 14.9 Å². The number of benzene rings is 2. The largest absolute Gasteiger partial charge is 0.497 e. The SMILES string of the molecule is COc1cccc(C[C@H](N)[C@H](O)CN(CC(C)C)S(=O)(=O)c2ccc3nc(NC(C)C)oc3c2)c1. The van der Waals surface area contributed by atoms with E-state index in [0.717, 1.165) is 5.56 Å². The standard InChI is InChI=1S/C25H36N4O5S/c1-16(2)14-29(15-23(30)21(26)12-18-7-6-8-19(11-18)33-5)35(31,32)20-9-10-22-24(13-20)34-25(28-22)27-17(3)4/h6-11,13,16-17,21,23,30H,12,14-15,26H2,1-5H3,(H,27,28)/t21-,23+/m0/s1. The number of nitrogens with one attached hydrogen (secondary N) is 1. The third-order valence-electron chi connectivity index (χ3n) is 5.47. The van der Waals surface area contributed by atoms with E-state index in [1.54, 1.807) is 13.2 Å². The van der Waals surface area contributed by atoms with Crippen LogP contribution in [-0.2, 0) is 16.4 Å². The lowest BCUT2D eigenvalue weighted by Crippen LogP contribution is -2.47. The summed E-state index contributed by atoms with van der Waals surface area (Å²) in [4.78, 5) is 4.42. The van der Waals surface area contributed by atoms with Crippen LogP contribution in [-0.4, -0.2) is 61.2 Å². The molecule has 1 heterocycles. The molecule has 4 N–H and O–H groups in total. The summed E-state index contributed by atoms with van der Waals surface area (Å²) in [5.41, 5.74) is 8.10. The van der Waals surface area contributed by atoms with E-state index in [2.05, 4.69) is 10.3 Å². The minimum Gasteiger partial charge on any atom is -0.497 e. The summed E-state index contributed by atoms with van der Waals surface area (Å²) in [7, 11) is -2.34. The van der Waals surface area contributed by atoms with E-state index in [1.807, 2.05) is 52.0 Å². The van der Waals surface area contributed by atoms with E-state index in [-0.39, 0.29) is 29.9 Å². The van der Waals surface area contributed by atoms with Gasteiger partial charge < -0.3 is 25.3 Å². The Balaban J connectivity index is 1.81.